The number of thiazole rings is 1. The number of carbonyl (C=O) groups is 1. The third-order valence-electron chi connectivity index (χ3n) is 5.79. The number of nitrogens with zero attached hydrogens (tertiary/aromatic N) is 4. The molecule has 1 fully saturated rings. The van der Waals surface area contributed by atoms with Crippen LogP contribution in [0.2, 0.25) is 0 Å². The van der Waals surface area contributed by atoms with Crippen LogP contribution in [0.4, 0.5) is 0 Å². The second kappa shape index (κ2) is 10.7. The minimum absolute atomic E-state index is 0.154. The van der Waals surface area contributed by atoms with E-state index in [-0.39, 0.29) is 5.91 Å². The van der Waals surface area contributed by atoms with Gasteiger partial charge < -0.3 is 9.64 Å². The Morgan fingerprint density at radius 3 is 2.41 bits per heavy atom. The van der Waals surface area contributed by atoms with Crippen molar-refractivity contribution in [3.05, 3.63) is 71.2 Å². The number of piperazine rings is 1. The van der Waals surface area contributed by atoms with Gasteiger partial charge in [0.25, 0.3) is 0 Å². The number of amides is 1. The second-order valence-electron chi connectivity index (χ2n) is 8.16. The molecule has 0 spiro atoms. The zero-order valence-electron chi connectivity index (χ0n) is 18.7. The maximum atomic E-state index is 12.7. The summed E-state index contributed by atoms with van der Waals surface area (Å²) in [5.41, 5.74) is 3.40. The van der Waals surface area contributed by atoms with E-state index < -0.39 is 0 Å². The van der Waals surface area contributed by atoms with Gasteiger partial charge in [0.15, 0.2) is 0 Å². The summed E-state index contributed by atoms with van der Waals surface area (Å²) in [6, 6.07) is 18.2. The van der Waals surface area contributed by atoms with Crippen LogP contribution in [0, 0.1) is 0 Å². The fourth-order valence-electron chi connectivity index (χ4n) is 3.83. The molecule has 168 valence electrons. The van der Waals surface area contributed by atoms with Crippen LogP contribution in [0.15, 0.2) is 60.0 Å². The molecule has 0 unspecified atom stereocenters. The molecule has 7 heteroatoms. The van der Waals surface area contributed by atoms with Crippen LogP contribution < -0.4 is 4.74 Å². The Morgan fingerprint density at radius 1 is 1.03 bits per heavy atom. The number of methoxy groups -OCH3 is 1. The number of likely N-dealkylation sites (N-methyl/N-ethyl adjacent to an activating group) is 1. The third kappa shape index (κ3) is 5.94. The van der Waals surface area contributed by atoms with Gasteiger partial charge in [-0.25, -0.2) is 4.98 Å². The molecule has 6 nitrogen and oxygen atoms in total. The zero-order chi connectivity index (χ0) is 22.3. The number of carbonyl (C=O) groups excluding carboxylic acids is 1. The molecule has 2 aromatic carbocycles. The number of aromatic nitrogens is 1. The van der Waals surface area contributed by atoms with Crippen LogP contribution in [0.3, 0.4) is 0 Å². The highest BCUT2D eigenvalue weighted by atomic mass is 32.1. The van der Waals surface area contributed by atoms with E-state index >= 15 is 0 Å². The minimum atomic E-state index is 0.154. The van der Waals surface area contributed by atoms with Crippen molar-refractivity contribution >= 4 is 17.2 Å². The molecule has 0 atom stereocenters. The Kier molecular flexibility index (Phi) is 7.52. The molecule has 0 bridgehead atoms. The summed E-state index contributed by atoms with van der Waals surface area (Å²) >= 11 is 1.70. The van der Waals surface area contributed by atoms with Crippen LogP contribution in [0.5, 0.6) is 5.75 Å². The maximum absolute atomic E-state index is 12.7. The van der Waals surface area contributed by atoms with Crippen LogP contribution in [-0.2, 0) is 17.9 Å². The van der Waals surface area contributed by atoms with Gasteiger partial charge in [-0.15, -0.1) is 11.3 Å². The molecule has 0 saturated carbocycles. The van der Waals surface area contributed by atoms with E-state index in [9.17, 15) is 4.79 Å². The lowest BCUT2D eigenvalue weighted by Gasteiger charge is -2.34. The highest BCUT2D eigenvalue weighted by Crippen LogP contribution is 2.24. The van der Waals surface area contributed by atoms with E-state index in [0.717, 1.165) is 54.7 Å². The van der Waals surface area contributed by atoms with Crippen LogP contribution in [0.1, 0.15) is 11.3 Å². The summed E-state index contributed by atoms with van der Waals surface area (Å²) in [4.78, 5) is 24.0. The molecule has 1 saturated heterocycles. The maximum Gasteiger partial charge on any atom is 0.236 e. The Morgan fingerprint density at radius 2 is 1.72 bits per heavy atom. The first-order valence-electron chi connectivity index (χ1n) is 10.9. The summed E-state index contributed by atoms with van der Waals surface area (Å²) < 4.78 is 5.20. The van der Waals surface area contributed by atoms with Gasteiger partial charge >= 0.3 is 0 Å². The first-order valence-corrected chi connectivity index (χ1v) is 11.8. The van der Waals surface area contributed by atoms with Crippen molar-refractivity contribution in [1.82, 2.24) is 19.7 Å². The van der Waals surface area contributed by atoms with E-state index in [1.807, 2.05) is 49.5 Å². The number of benzene rings is 2. The molecule has 0 radical (unpaired) electrons. The smallest absolute Gasteiger partial charge is 0.236 e. The van der Waals surface area contributed by atoms with E-state index in [1.165, 1.54) is 5.56 Å². The molecular weight excluding hydrogens is 420 g/mol. The van der Waals surface area contributed by atoms with Gasteiger partial charge in [0.05, 0.1) is 19.3 Å². The Labute approximate surface area is 194 Å². The lowest BCUT2D eigenvalue weighted by atomic mass is 10.2. The lowest BCUT2D eigenvalue weighted by Crippen LogP contribution is -2.49. The summed E-state index contributed by atoms with van der Waals surface area (Å²) in [6.45, 7) is 5.64. The average Bonchev–Trinajstić information content (AvgIpc) is 3.30. The van der Waals surface area contributed by atoms with Crippen LogP contribution >= 0.6 is 11.3 Å². The molecular formula is C25H30N4O2S. The molecule has 0 N–H and O–H groups in total. The van der Waals surface area contributed by atoms with Crippen molar-refractivity contribution in [2.24, 2.45) is 0 Å². The molecule has 32 heavy (non-hydrogen) atoms. The zero-order valence-corrected chi connectivity index (χ0v) is 19.6. The van der Waals surface area contributed by atoms with E-state index in [2.05, 4.69) is 27.3 Å². The first kappa shape index (κ1) is 22.5. The van der Waals surface area contributed by atoms with Gasteiger partial charge in [0.2, 0.25) is 5.91 Å². The van der Waals surface area contributed by atoms with Gasteiger partial charge in [-0.3, -0.25) is 14.6 Å². The predicted octanol–water partition coefficient (Wildman–Crippen LogP) is 3.59. The van der Waals surface area contributed by atoms with Crippen molar-refractivity contribution in [3.8, 4) is 16.3 Å². The van der Waals surface area contributed by atoms with Crippen molar-refractivity contribution < 1.29 is 9.53 Å². The van der Waals surface area contributed by atoms with Crippen molar-refractivity contribution in [2.45, 2.75) is 13.1 Å². The molecule has 1 aromatic heterocycles. The normalized spacial score (nSPS) is 14.9. The van der Waals surface area contributed by atoms with Crippen LogP contribution in [-0.4, -0.2) is 72.5 Å². The molecule has 3 aromatic rings. The summed E-state index contributed by atoms with van der Waals surface area (Å²) in [5, 5.41) is 3.23. The van der Waals surface area contributed by atoms with E-state index in [0.29, 0.717) is 13.1 Å². The summed E-state index contributed by atoms with van der Waals surface area (Å²) in [7, 11) is 3.53. The fourth-order valence-corrected chi connectivity index (χ4v) is 4.65. The number of ether oxygens (including phenoxy) is 1. The van der Waals surface area contributed by atoms with Gasteiger partial charge in [-0.05, 0) is 17.7 Å². The number of hydrogen-bond acceptors (Lipinski definition) is 6. The van der Waals surface area contributed by atoms with Crippen LogP contribution in [0.25, 0.3) is 10.6 Å². The number of hydrogen-bond donors (Lipinski definition) is 0. The molecule has 4 rings (SSSR count). The molecule has 2 heterocycles. The topological polar surface area (TPSA) is 48.9 Å². The van der Waals surface area contributed by atoms with Crippen molar-refractivity contribution in [3.63, 3.8) is 0 Å². The monoisotopic (exact) mass is 450 g/mol. The second-order valence-corrected chi connectivity index (χ2v) is 9.02. The standard InChI is InChI=1S/C25H30N4O2S/c1-27(16-20-8-10-23(31-2)11-9-20)24(30)18-29-14-12-28(13-15-29)17-22-19-32-25(26-22)21-6-4-3-5-7-21/h3-11,19H,12-18H2,1-2H3. The fraction of sp³-hybridized carbons (Fsp3) is 0.360. The highest BCUT2D eigenvalue weighted by molar-refractivity contribution is 7.13. The first-order chi connectivity index (χ1) is 15.6. The molecule has 0 aliphatic carbocycles. The quantitative estimate of drug-likeness (QED) is 0.525. The van der Waals surface area contributed by atoms with Crippen molar-refractivity contribution in [2.75, 3.05) is 46.9 Å². The molecule has 1 amide bonds. The number of rotatable bonds is 8. The Bertz CT molecular complexity index is 998. The van der Waals surface area contributed by atoms with E-state index in [1.54, 1.807) is 23.3 Å². The minimum Gasteiger partial charge on any atom is -0.497 e. The van der Waals surface area contributed by atoms with Gasteiger partial charge in [-0.1, -0.05) is 42.5 Å². The largest absolute Gasteiger partial charge is 0.497 e. The highest BCUT2D eigenvalue weighted by Gasteiger charge is 2.21. The summed E-state index contributed by atoms with van der Waals surface area (Å²) in [6.07, 6.45) is 0. The summed E-state index contributed by atoms with van der Waals surface area (Å²) in [5.74, 6) is 0.982. The van der Waals surface area contributed by atoms with Crippen molar-refractivity contribution in [1.29, 1.82) is 0 Å². The lowest BCUT2D eigenvalue weighted by molar-refractivity contribution is -0.132. The third-order valence-corrected chi connectivity index (χ3v) is 6.73. The SMILES string of the molecule is COc1ccc(CN(C)C(=O)CN2CCN(Cc3csc(-c4ccccc4)n3)CC2)cc1. The molecule has 1 aliphatic rings. The Balaban J connectivity index is 1.21. The van der Waals surface area contributed by atoms with E-state index in [4.69, 9.17) is 9.72 Å². The predicted molar refractivity (Wildman–Crippen MR) is 129 cm³/mol. The average molecular weight is 451 g/mol. The Hall–Kier alpha value is -2.74. The van der Waals surface area contributed by atoms with Gasteiger partial charge in [0, 0.05) is 57.3 Å². The van der Waals surface area contributed by atoms with Gasteiger partial charge in [0.1, 0.15) is 10.8 Å². The van der Waals surface area contributed by atoms with Gasteiger partial charge in [-0.2, -0.15) is 0 Å². The molecule has 1 aliphatic heterocycles.